The number of ether oxygens (including phenoxy) is 1. The van der Waals surface area contributed by atoms with Gasteiger partial charge in [-0.05, 0) is 30.3 Å². The number of rotatable bonds is 4. The van der Waals surface area contributed by atoms with Crippen molar-refractivity contribution in [2.45, 2.75) is 0 Å². The summed E-state index contributed by atoms with van der Waals surface area (Å²) in [6.45, 7) is 0. The molecule has 0 saturated heterocycles. The molecule has 0 bridgehead atoms. The Bertz CT molecular complexity index is 734. The van der Waals surface area contributed by atoms with Crippen LogP contribution in [0, 0.1) is 0 Å². The van der Waals surface area contributed by atoms with Gasteiger partial charge in [0.2, 0.25) is 5.88 Å². The van der Waals surface area contributed by atoms with Gasteiger partial charge in [0.1, 0.15) is 17.9 Å². The lowest BCUT2D eigenvalue weighted by Crippen LogP contribution is -1.95. The number of halogens is 1. The fourth-order valence-electron chi connectivity index (χ4n) is 1.78. The van der Waals surface area contributed by atoms with Crippen LogP contribution in [-0.4, -0.2) is 9.97 Å². The van der Waals surface area contributed by atoms with Crippen molar-refractivity contribution in [3.8, 4) is 11.6 Å². The summed E-state index contributed by atoms with van der Waals surface area (Å²) in [7, 11) is 0. The van der Waals surface area contributed by atoms with Crippen molar-refractivity contribution >= 4 is 23.1 Å². The second-order valence-corrected chi connectivity index (χ2v) is 4.73. The standard InChI is InChI=1S/C16H12ClN3O/c17-12-5-4-8-14(9-12)21-16-10-15(18-11-19-16)20-13-6-2-1-3-7-13/h1-11H,(H,18,19,20). The Morgan fingerprint density at radius 2 is 1.76 bits per heavy atom. The van der Waals surface area contributed by atoms with Crippen LogP contribution in [0.3, 0.4) is 0 Å². The van der Waals surface area contributed by atoms with Crippen LogP contribution in [-0.2, 0) is 0 Å². The number of hydrogen-bond donors (Lipinski definition) is 1. The van der Waals surface area contributed by atoms with E-state index >= 15 is 0 Å². The van der Waals surface area contributed by atoms with Crippen LogP contribution in [0.15, 0.2) is 67.0 Å². The maximum atomic E-state index is 5.92. The van der Waals surface area contributed by atoms with Crippen molar-refractivity contribution < 1.29 is 4.74 Å². The summed E-state index contributed by atoms with van der Waals surface area (Å²) in [5.74, 6) is 1.74. The summed E-state index contributed by atoms with van der Waals surface area (Å²) in [6, 6.07) is 18.7. The van der Waals surface area contributed by atoms with Gasteiger partial charge in [0.15, 0.2) is 0 Å². The summed E-state index contributed by atoms with van der Waals surface area (Å²) in [5, 5.41) is 3.80. The smallest absolute Gasteiger partial charge is 0.224 e. The molecule has 3 rings (SSSR count). The molecule has 0 aliphatic heterocycles. The average Bonchev–Trinajstić information content (AvgIpc) is 2.49. The van der Waals surface area contributed by atoms with Gasteiger partial charge in [0, 0.05) is 16.8 Å². The summed E-state index contributed by atoms with van der Waals surface area (Å²) >= 11 is 5.92. The van der Waals surface area contributed by atoms with Crippen LogP contribution in [0.5, 0.6) is 11.6 Å². The van der Waals surface area contributed by atoms with E-state index in [9.17, 15) is 0 Å². The minimum Gasteiger partial charge on any atom is -0.439 e. The van der Waals surface area contributed by atoms with Crippen LogP contribution < -0.4 is 10.1 Å². The van der Waals surface area contributed by atoms with Crippen molar-refractivity contribution in [2.24, 2.45) is 0 Å². The van der Waals surface area contributed by atoms with E-state index in [2.05, 4.69) is 15.3 Å². The van der Waals surface area contributed by atoms with Crippen LogP contribution in [0.1, 0.15) is 0 Å². The monoisotopic (exact) mass is 297 g/mol. The quantitative estimate of drug-likeness (QED) is 0.760. The first-order valence-corrected chi connectivity index (χ1v) is 6.75. The number of para-hydroxylation sites is 1. The fraction of sp³-hybridized carbons (Fsp3) is 0. The zero-order valence-electron chi connectivity index (χ0n) is 11.0. The summed E-state index contributed by atoms with van der Waals surface area (Å²) in [4.78, 5) is 8.26. The molecule has 1 aromatic heterocycles. The van der Waals surface area contributed by atoms with Crippen LogP contribution in [0.2, 0.25) is 5.02 Å². The van der Waals surface area contributed by atoms with Gasteiger partial charge in [-0.2, -0.15) is 0 Å². The lowest BCUT2D eigenvalue weighted by molar-refractivity contribution is 0.462. The molecule has 0 unspecified atom stereocenters. The highest BCUT2D eigenvalue weighted by molar-refractivity contribution is 6.30. The van der Waals surface area contributed by atoms with E-state index in [1.807, 2.05) is 42.5 Å². The molecule has 0 aliphatic carbocycles. The van der Waals surface area contributed by atoms with Crippen LogP contribution >= 0.6 is 11.6 Å². The summed E-state index contributed by atoms with van der Waals surface area (Å²) in [6.07, 6.45) is 1.45. The van der Waals surface area contributed by atoms with Crippen molar-refractivity contribution in [3.63, 3.8) is 0 Å². The van der Waals surface area contributed by atoms with Crippen molar-refractivity contribution in [1.29, 1.82) is 0 Å². The molecule has 0 amide bonds. The Hall–Kier alpha value is -2.59. The Kier molecular flexibility index (Phi) is 3.98. The number of anilines is 2. The predicted octanol–water partition coefficient (Wildman–Crippen LogP) is 4.67. The highest BCUT2D eigenvalue weighted by Crippen LogP contribution is 2.24. The van der Waals surface area contributed by atoms with Gasteiger partial charge in [-0.1, -0.05) is 35.9 Å². The lowest BCUT2D eigenvalue weighted by Gasteiger charge is -2.08. The largest absolute Gasteiger partial charge is 0.439 e. The zero-order valence-corrected chi connectivity index (χ0v) is 11.8. The molecular formula is C16H12ClN3O. The Morgan fingerprint density at radius 3 is 2.57 bits per heavy atom. The van der Waals surface area contributed by atoms with E-state index in [1.54, 1.807) is 18.2 Å². The fourth-order valence-corrected chi connectivity index (χ4v) is 1.96. The average molecular weight is 298 g/mol. The Morgan fingerprint density at radius 1 is 0.905 bits per heavy atom. The molecule has 0 atom stereocenters. The number of nitrogens with zero attached hydrogens (tertiary/aromatic N) is 2. The molecular weight excluding hydrogens is 286 g/mol. The molecule has 104 valence electrons. The molecule has 4 nitrogen and oxygen atoms in total. The molecule has 2 aromatic carbocycles. The third-order valence-electron chi connectivity index (χ3n) is 2.71. The number of hydrogen-bond acceptors (Lipinski definition) is 4. The molecule has 1 N–H and O–H groups in total. The van der Waals surface area contributed by atoms with E-state index in [1.165, 1.54) is 6.33 Å². The first kappa shape index (κ1) is 13.4. The second kappa shape index (κ2) is 6.24. The number of aromatic nitrogens is 2. The zero-order chi connectivity index (χ0) is 14.5. The summed E-state index contributed by atoms with van der Waals surface area (Å²) < 4.78 is 5.66. The van der Waals surface area contributed by atoms with Crippen molar-refractivity contribution in [2.75, 3.05) is 5.32 Å². The lowest BCUT2D eigenvalue weighted by atomic mass is 10.3. The number of nitrogens with one attached hydrogen (secondary N) is 1. The Balaban J connectivity index is 1.77. The highest BCUT2D eigenvalue weighted by atomic mass is 35.5. The third-order valence-corrected chi connectivity index (χ3v) is 2.94. The molecule has 3 aromatic rings. The van der Waals surface area contributed by atoms with E-state index < -0.39 is 0 Å². The molecule has 21 heavy (non-hydrogen) atoms. The molecule has 0 radical (unpaired) electrons. The van der Waals surface area contributed by atoms with Gasteiger partial charge < -0.3 is 10.1 Å². The molecule has 0 aliphatic rings. The molecule has 0 saturated carbocycles. The van der Waals surface area contributed by atoms with Crippen molar-refractivity contribution in [1.82, 2.24) is 9.97 Å². The highest BCUT2D eigenvalue weighted by Gasteiger charge is 2.02. The van der Waals surface area contributed by atoms with Gasteiger partial charge in [-0.25, -0.2) is 9.97 Å². The molecule has 0 fully saturated rings. The van der Waals surface area contributed by atoms with E-state index in [0.29, 0.717) is 22.5 Å². The van der Waals surface area contributed by atoms with Gasteiger partial charge in [0.25, 0.3) is 0 Å². The van der Waals surface area contributed by atoms with Gasteiger partial charge in [-0.3, -0.25) is 0 Å². The first-order chi connectivity index (χ1) is 10.3. The minimum absolute atomic E-state index is 0.450. The maximum Gasteiger partial charge on any atom is 0.224 e. The molecule has 0 spiro atoms. The first-order valence-electron chi connectivity index (χ1n) is 6.37. The molecule has 5 heteroatoms. The normalized spacial score (nSPS) is 10.1. The van der Waals surface area contributed by atoms with Crippen molar-refractivity contribution in [3.05, 3.63) is 72.0 Å². The van der Waals surface area contributed by atoms with E-state index in [4.69, 9.17) is 16.3 Å². The SMILES string of the molecule is Clc1cccc(Oc2cc(Nc3ccccc3)ncn2)c1. The van der Waals surface area contributed by atoms with Crippen LogP contribution in [0.25, 0.3) is 0 Å². The minimum atomic E-state index is 0.450. The molecule has 1 heterocycles. The maximum absolute atomic E-state index is 5.92. The number of benzene rings is 2. The van der Waals surface area contributed by atoms with Crippen LogP contribution in [0.4, 0.5) is 11.5 Å². The third kappa shape index (κ3) is 3.70. The predicted molar refractivity (Wildman–Crippen MR) is 83.3 cm³/mol. The topological polar surface area (TPSA) is 47.0 Å². The summed E-state index contributed by atoms with van der Waals surface area (Å²) in [5.41, 5.74) is 0.949. The van der Waals surface area contributed by atoms with Gasteiger partial charge in [-0.15, -0.1) is 0 Å². The van der Waals surface area contributed by atoms with E-state index in [0.717, 1.165) is 5.69 Å². The van der Waals surface area contributed by atoms with Gasteiger partial charge >= 0.3 is 0 Å². The van der Waals surface area contributed by atoms with E-state index in [-0.39, 0.29) is 0 Å². The van der Waals surface area contributed by atoms with Gasteiger partial charge in [0.05, 0.1) is 0 Å². The second-order valence-electron chi connectivity index (χ2n) is 4.29. The Labute approximate surface area is 127 Å².